The number of likely N-dealkylation sites (N-methyl/N-ethyl adjacent to an activating group) is 1. The molecule has 0 aromatic carbocycles. The van der Waals surface area contributed by atoms with Crippen LogP contribution in [0.1, 0.15) is 26.2 Å². The highest BCUT2D eigenvalue weighted by molar-refractivity contribution is 7.89. The Morgan fingerprint density at radius 2 is 1.74 bits per heavy atom. The minimum Gasteiger partial charge on any atom is -0.317 e. The number of sulfonamides is 1. The van der Waals surface area contributed by atoms with Crippen LogP contribution in [-0.4, -0.2) is 69.2 Å². The summed E-state index contributed by atoms with van der Waals surface area (Å²) in [7, 11) is -3.03. The van der Waals surface area contributed by atoms with Gasteiger partial charge in [-0.25, -0.2) is 8.42 Å². The molecule has 0 aromatic rings. The average Bonchev–Trinajstić information content (AvgIpc) is 2.46. The summed E-state index contributed by atoms with van der Waals surface area (Å²) >= 11 is 0. The molecule has 0 amide bonds. The van der Waals surface area contributed by atoms with Gasteiger partial charge in [0.05, 0.1) is 5.75 Å². The van der Waals surface area contributed by atoms with Crippen LogP contribution in [0.4, 0.5) is 0 Å². The van der Waals surface area contributed by atoms with Crippen molar-refractivity contribution in [3.63, 3.8) is 0 Å². The molecule has 1 N–H and O–H groups in total. The van der Waals surface area contributed by atoms with E-state index >= 15 is 0 Å². The molecule has 0 atom stereocenters. The molecule has 5 nitrogen and oxygen atoms in total. The van der Waals surface area contributed by atoms with Crippen LogP contribution in [0.15, 0.2) is 0 Å². The Kier molecular flexibility index (Phi) is 5.62. The van der Waals surface area contributed by atoms with Gasteiger partial charge in [0, 0.05) is 26.2 Å². The summed E-state index contributed by atoms with van der Waals surface area (Å²) in [6.45, 7) is 8.32. The fourth-order valence-corrected chi connectivity index (χ4v) is 4.55. The Morgan fingerprint density at radius 3 is 2.32 bits per heavy atom. The van der Waals surface area contributed by atoms with E-state index < -0.39 is 10.0 Å². The minimum absolute atomic E-state index is 0.337. The molecule has 0 aliphatic carbocycles. The van der Waals surface area contributed by atoms with Crippen LogP contribution in [0.25, 0.3) is 0 Å². The third-order valence-corrected chi connectivity index (χ3v) is 6.32. The van der Waals surface area contributed by atoms with E-state index in [1.54, 1.807) is 4.31 Å². The Balaban J connectivity index is 1.78. The molecule has 2 aliphatic rings. The number of piperidine rings is 1. The second kappa shape index (κ2) is 7.02. The normalized spacial score (nSPS) is 24.7. The summed E-state index contributed by atoms with van der Waals surface area (Å²) in [6.07, 6.45) is 3.08. The van der Waals surface area contributed by atoms with Crippen LogP contribution in [0.3, 0.4) is 0 Å². The molecule has 0 bridgehead atoms. The number of hydrogen-bond donors (Lipinski definition) is 1. The van der Waals surface area contributed by atoms with Crippen molar-refractivity contribution in [1.82, 2.24) is 14.5 Å². The van der Waals surface area contributed by atoms with Crippen molar-refractivity contribution >= 4 is 10.0 Å². The summed E-state index contributed by atoms with van der Waals surface area (Å²) in [5.41, 5.74) is 0. The predicted octanol–water partition coefficient (Wildman–Crippen LogP) is 0.343. The first-order chi connectivity index (χ1) is 9.12. The van der Waals surface area contributed by atoms with E-state index in [1.807, 2.05) is 0 Å². The van der Waals surface area contributed by atoms with Crippen molar-refractivity contribution in [3.8, 4) is 0 Å². The van der Waals surface area contributed by atoms with Crippen molar-refractivity contribution in [3.05, 3.63) is 0 Å². The smallest absolute Gasteiger partial charge is 0.214 e. The monoisotopic (exact) mass is 289 g/mol. The SMILES string of the molecule is CCN1CCN(S(=O)(=O)CCC2CCNCC2)CC1. The van der Waals surface area contributed by atoms with Crippen molar-refractivity contribution in [1.29, 1.82) is 0 Å². The Hall–Kier alpha value is -0.170. The lowest BCUT2D eigenvalue weighted by atomic mass is 9.96. The molecular formula is C13H27N3O2S. The minimum atomic E-state index is -3.03. The first-order valence-corrected chi connectivity index (χ1v) is 9.13. The molecule has 19 heavy (non-hydrogen) atoms. The van der Waals surface area contributed by atoms with E-state index in [9.17, 15) is 8.42 Å². The zero-order valence-electron chi connectivity index (χ0n) is 12.0. The molecule has 2 heterocycles. The van der Waals surface area contributed by atoms with Gasteiger partial charge in [0.1, 0.15) is 0 Å². The molecular weight excluding hydrogens is 262 g/mol. The first-order valence-electron chi connectivity index (χ1n) is 7.52. The van der Waals surface area contributed by atoms with Crippen molar-refractivity contribution in [2.75, 3.05) is 51.6 Å². The fourth-order valence-electron chi connectivity index (χ4n) is 2.94. The zero-order valence-corrected chi connectivity index (χ0v) is 12.8. The summed E-state index contributed by atoms with van der Waals surface area (Å²) in [5, 5.41) is 3.32. The molecule has 0 unspecified atom stereocenters. The standard InChI is InChI=1S/C13H27N3O2S/c1-2-15-8-10-16(11-9-15)19(17,18)12-5-13-3-6-14-7-4-13/h13-14H,2-12H2,1H3. The summed E-state index contributed by atoms with van der Waals surface area (Å²) in [6, 6.07) is 0. The lowest BCUT2D eigenvalue weighted by molar-refractivity contribution is 0.196. The number of rotatable bonds is 5. The lowest BCUT2D eigenvalue weighted by Crippen LogP contribution is -2.49. The molecule has 2 aliphatic heterocycles. The molecule has 0 spiro atoms. The zero-order chi connectivity index (χ0) is 13.7. The van der Waals surface area contributed by atoms with Gasteiger partial charge < -0.3 is 10.2 Å². The van der Waals surface area contributed by atoms with E-state index in [0.29, 0.717) is 24.8 Å². The topological polar surface area (TPSA) is 52.7 Å². The second-order valence-electron chi connectivity index (χ2n) is 5.63. The maximum absolute atomic E-state index is 12.3. The Labute approximate surface area is 117 Å². The number of piperazine rings is 1. The first kappa shape index (κ1) is 15.2. The lowest BCUT2D eigenvalue weighted by Gasteiger charge is -2.33. The van der Waals surface area contributed by atoms with Crippen molar-refractivity contribution in [2.45, 2.75) is 26.2 Å². The van der Waals surface area contributed by atoms with Crippen LogP contribution in [0.5, 0.6) is 0 Å². The molecule has 2 fully saturated rings. The van der Waals surface area contributed by atoms with Crippen molar-refractivity contribution < 1.29 is 8.42 Å². The number of nitrogens with one attached hydrogen (secondary N) is 1. The van der Waals surface area contributed by atoms with Crippen LogP contribution in [-0.2, 0) is 10.0 Å². The van der Waals surface area contributed by atoms with Gasteiger partial charge in [-0.05, 0) is 44.8 Å². The van der Waals surface area contributed by atoms with E-state index in [-0.39, 0.29) is 0 Å². The van der Waals surface area contributed by atoms with E-state index in [2.05, 4.69) is 17.1 Å². The molecule has 6 heteroatoms. The third-order valence-electron chi connectivity index (χ3n) is 4.41. The van der Waals surface area contributed by atoms with Crippen LogP contribution >= 0.6 is 0 Å². The van der Waals surface area contributed by atoms with Gasteiger partial charge in [-0.1, -0.05) is 6.92 Å². The quantitative estimate of drug-likeness (QED) is 0.793. The van der Waals surface area contributed by atoms with Gasteiger partial charge in [0.25, 0.3) is 0 Å². The molecule has 112 valence electrons. The molecule has 0 radical (unpaired) electrons. The largest absolute Gasteiger partial charge is 0.317 e. The summed E-state index contributed by atoms with van der Waals surface area (Å²) in [5.74, 6) is 0.928. The Bertz CT molecular complexity index is 358. The Morgan fingerprint density at radius 1 is 1.11 bits per heavy atom. The van der Waals surface area contributed by atoms with Gasteiger partial charge in [0.2, 0.25) is 10.0 Å². The van der Waals surface area contributed by atoms with Crippen LogP contribution in [0.2, 0.25) is 0 Å². The number of nitrogens with zero attached hydrogens (tertiary/aromatic N) is 2. The predicted molar refractivity (Wildman–Crippen MR) is 77.7 cm³/mol. The third kappa shape index (κ3) is 4.41. The van der Waals surface area contributed by atoms with E-state index in [1.165, 1.54) is 0 Å². The number of hydrogen-bond acceptors (Lipinski definition) is 4. The highest BCUT2D eigenvalue weighted by Crippen LogP contribution is 2.18. The molecule has 0 saturated carbocycles. The van der Waals surface area contributed by atoms with Gasteiger partial charge >= 0.3 is 0 Å². The van der Waals surface area contributed by atoms with Crippen LogP contribution < -0.4 is 5.32 Å². The van der Waals surface area contributed by atoms with E-state index in [0.717, 1.165) is 52.0 Å². The fraction of sp³-hybridized carbons (Fsp3) is 1.00. The van der Waals surface area contributed by atoms with Gasteiger partial charge in [-0.3, -0.25) is 0 Å². The highest BCUT2D eigenvalue weighted by Gasteiger charge is 2.27. The molecule has 0 aromatic heterocycles. The maximum atomic E-state index is 12.3. The average molecular weight is 289 g/mol. The molecule has 2 saturated heterocycles. The van der Waals surface area contributed by atoms with Crippen LogP contribution in [0, 0.1) is 5.92 Å². The van der Waals surface area contributed by atoms with Gasteiger partial charge in [-0.15, -0.1) is 0 Å². The molecule has 2 rings (SSSR count). The highest BCUT2D eigenvalue weighted by atomic mass is 32.2. The van der Waals surface area contributed by atoms with Gasteiger partial charge in [0.15, 0.2) is 0 Å². The van der Waals surface area contributed by atoms with Gasteiger partial charge in [-0.2, -0.15) is 4.31 Å². The summed E-state index contributed by atoms with van der Waals surface area (Å²) < 4.78 is 26.3. The maximum Gasteiger partial charge on any atom is 0.214 e. The summed E-state index contributed by atoms with van der Waals surface area (Å²) in [4.78, 5) is 2.30. The second-order valence-corrected chi connectivity index (χ2v) is 7.72. The van der Waals surface area contributed by atoms with E-state index in [4.69, 9.17) is 0 Å². The van der Waals surface area contributed by atoms with Crippen molar-refractivity contribution in [2.24, 2.45) is 5.92 Å².